The van der Waals surface area contributed by atoms with Gasteiger partial charge in [0.15, 0.2) is 5.89 Å². The molecular formula is C8H9NO3. The van der Waals surface area contributed by atoms with Crippen LogP contribution in [0, 0.1) is 0 Å². The highest BCUT2D eigenvalue weighted by atomic mass is 16.4. The van der Waals surface area contributed by atoms with Crippen LogP contribution in [0.2, 0.25) is 0 Å². The number of hydrogen-bond acceptors (Lipinski definition) is 3. The number of hydrogen-bond donors (Lipinski definition) is 1. The van der Waals surface area contributed by atoms with Crippen molar-refractivity contribution in [2.24, 2.45) is 0 Å². The van der Waals surface area contributed by atoms with Gasteiger partial charge in [0.2, 0.25) is 5.76 Å². The SMILES string of the molecule is O=C(O)c1cnc(C2CCC2)o1. The normalized spacial score (nSPS) is 17.3. The Labute approximate surface area is 69.2 Å². The zero-order chi connectivity index (χ0) is 8.55. The van der Waals surface area contributed by atoms with Gasteiger partial charge in [-0.1, -0.05) is 6.42 Å². The Morgan fingerprint density at radius 2 is 2.42 bits per heavy atom. The molecule has 12 heavy (non-hydrogen) atoms. The molecule has 1 aliphatic rings. The predicted molar refractivity (Wildman–Crippen MR) is 40.1 cm³/mol. The first kappa shape index (κ1) is 7.34. The van der Waals surface area contributed by atoms with Gasteiger partial charge in [-0.15, -0.1) is 0 Å². The van der Waals surface area contributed by atoms with Crippen LogP contribution in [0.15, 0.2) is 10.6 Å². The first-order valence-electron chi connectivity index (χ1n) is 3.96. The molecule has 4 heteroatoms. The summed E-state index contributed by atoms with van der Waals surface area (Å²) >= 11 is 0. The molecule has 0 atom stereocenters. The van der Waals surface area contributed by atoms with Crippen molar-refractivity contribution in [2.45, 2.75) is 25.2 Å². The zero-order valence-corrected chi connectivity index (χ0v) is 6.49. The van der Waals surface area contributed by atoms with Crippen molar-refractivity contribution in [3.8, 4) is 0 Å². The average molecular weight is 167 g/mol. The second-order valence-electron chi connectivity index (χ2n) is 3.00. The lowest BCUT2D eigenvalue weighted by molar-refractivity contribution is 0.0658. The number of carboxylic acid groups (broad SMARTS) is 1. The molecule has 1 N–H and O–H groups in total. The lowest BCUT2D eigenvalue weighted by Crippen LogP contribution is -2.08. The van der Waals surface area contributed by atoms with Crippen molar-refractivity contribution in [1.29, 1.82) is 0 Å². The van der Waals surface area contributed by atoms with Gasteiger partial charge in [0, 0.05) is 5.92 Å². The van der Waals surface area contributed by atoms with Crippen LogP contribution in [-0.2, 0) is 0 Å². The van der Waals surface area contributed by atoms with Crippen molar-refractivity contribution in [1.82, 2.24) is 4.98 Å². The smallest absolute Gasteiger partial charge is 0.373 e. The molecule has 0 saturated heterocycles. The van der Waals surface area contributed by atoms with E-state index >= 15 is 0 Å². The van der Waals surface area contributed by atoms with Crippen molar-refractivity contribution in [2.75, 3.05) is 0 Å². The van der Waals surface area contributed by atoms with Crippen LogP contribution in [0.4, 0.5) is 0 Å². The number of rotatable bonds is 2. The fourth-order valence-electron chi connectivity index (χ4n) is 1.23. The summed E-state index contributed by atoms with van der Waals surface area (Å²) in [5.41, 5.74) is 0. The highest BCUT2D eigenvalue weighted by Crippen LogP contribution is 2.35. The molecule has 64 valence electrons. The Morgan fingerprint density at radius 3 is 2.83 bits per heavy atom. The van der Waals surface area contributed by atoms with Gasteiger partial charge in [-0.05, 0) is 12.8 Å². The van der Waals surface area contributed by atoms with Gasteiger partial charge in [-0.25, -0.2) is 9.78 Å². The summed E-state index contributed by atoms with van der Waals surface area (Å²) in [5.74, 6) is -0.165. The predicted octanol–water partition coefficient (Wildman–Crippen LogP) is 1.64. The molecule has 1 aromatic rings. The van der Waals surface area contributed by atoms with Gasteiger partial charge in [0.05, 0.1) is 6.20 Å². The second-order valence-corrected chi connectivity index (χ2v) is 3.00. The third kappa shape index (κ3) is 1.09. The summed E-state index contributed by atoms with van der Waals surface area (Å²) in [6.45, 7) is 0. The summed E-state index contributed by atoms with van der Waals surface area (Å²) < 4.78 is 5.04. The van der Waals surface area contributed by atoms with Crippen molar-refractivity contribution in [3.63, 3.8) is 0 Å². The maximum absolute atomic E-state index is 10.4. The molecule has 0 aliphatic heterocycles. The standard InChI is InChI=1S/C8H9NO3/c10-8(11)6-4-9-7(12-6)5-2-1-3-5/h4-5H,1-3H2,(H,10,11). The first-order valence-corrected chi connectivity index (χ1v) is 3.96. The topological polar surface area (TPSA) is 63.3 Å². The van der Waals surface area contributed by atoms with E-state index < -0.39 is 5.97 Å². The van der Waals surface area contributed by atoms with Gasteiger partial charge in [0.25, 0.3) is 0 Å². The minimum atomic E-state index is -1.05. The van der Waals surface area contributed by atoms with Crippen molar-refractivity contribution >= 4 is 5.97 Å². The van der Waals surface area contributed by atoms with E-state index in [1.165, 1.54) is 12.6 Å². The maximum Gasteiger partial charge on any atom is 0.373 e. The largest absolute Gasteiger partial charge is 0.475 e. The quantitative estimate of drug-likeness (QED) is 0.727. The molecule has 0 spiro atoms. The number of aromatic carboxylic acids is 1. The molecule has 0 bridgehead atoms. The van der Waals surface area contributed by atoms with Crippen molar-refractivity contribution < 1.29 is 14.3 Å². The Hall–Kier alpha value is -1.32. The second kappa shape index (κ2) is 2.62. The van der Waals surface area contributed by atoms with E-state index in [0.717, 1.165) is 12.8 Å². The Balaban J connectivity index is 2.17. The third-order valence-corrected chi connectivity index (χ3v) is 2.19. The average Bonchev–Trinajstić information content (AvgIpc) is 2.32. The van der Waals surface area contributed by atoms with E-state index in [-0.39, 0.29) is 5.76 Å². The number of carbonyl (C=O) groups is 1. The molecule has 1 saturated carbocycles. The van der Waals surface area contributed by atoms with Gasteiger partial charge >= 0.3 is 5.97 Å². The van der Waals surface area contributed by atoms with E-state index in [2.05, 4.69) is 4.98 Å². The zero-order valence-electron chi connectivity index (χ0n) is 6.49. The Morgan fingerprint density at radius 1 is 1.67 bits per heavy atom. The maximum atomic E-state index is 10.4. The third-order valence-electron chi connectivity index (χ3n) is 2.19. The summed E-state index contributed by atoms with van der Waals surface area (Å²) in [5, 5.41) is 8.54. The minimum Gasteiger partial charge on any atom is -0.475 e. The van der Waals surface area contributed by atoms with Crippen LogP contribution in [-0.4, -0.2) is 16.1 Å². The summed E-state index contributed by atoms with van der Waals surface area (Å²) in [4.78, 5) is 14.3. The van der Waals surface area contributed by atoms with Crippen molar-refractivity contribution in [3.05, 3.63) is 17.8 Å². The molecule has 1 fully saturated rings. The molecule has 1 heterocycles. The number of aromatic nitrogens is 1. The molecule has 2 rings (SSSR count). The molecule has 1 aromatic heterocycles. The summed E-state index contributed by atoms with van der Waals surface area (Å²) in [7, 11) is 0. The molecular weight excluding hydrogens is 158 g/mol. The van der Waals surface area contributed by atoms with Crippen LogP contribution in [0.1, 0.15) is 41.6 Å². The number of nitrogens with zero attached hydrogens (tertiary/aromatic N) is 1. The van der Waals surface area contributed by atoms with Crippen LogP contribution in [0.3, 0.4) is 0 Å². The van der Waals surface area contributed by atoms with Crippen LogP contribution in [0.5, 0.6) is 0 Å². The van der Waals surface area contributed by atoms with E-state index in [0.29, 0.717) is 11.8 Å². The minimum absolute atomic E-state index is 0.0584. The number of carboxylic acids is 1. The molecule has 1 aliphatic carbocycles. The molecule has 0 unspecified atom stereocenters. The lowest BCUT2D eigenvalue weighted by atomic mass is 9.85. The van der Waals surface area contributed by atoms with Crippen LogP contribution < -0.4 is 0 Å². The first-order chi connectivity index (χ1) is 5.77. The van der Waals surface area contributed by atoms with E-state index in [1.54, 1.807) is 0 Å². The van der Waals surface area contributed by atoms with E-state index in [9.17, 15) is 4.79 Å². The van der Waals surface area contributed by atoms with E-state index in [1.807, 2.05) is 0 Å². The van der Waals surface area contributed by atoms with E-state index in [4.69, 9.17) is 9.52 Å². The Kier molecular flexibility index (Phi) is 1.60. The Bertz CT molecular complexity index is 301. The van der Waals surface area contributed by atoms with Gasteiger partial charge in [-0.2, -0.15) is 0 Å². The lowest BCUT2D eigenvalue weighted by Gasteiger charge is -2.21. The van der Waals surface area contributed by atoms with Gasteiger partial charge in [0.1, 0.15) is 0 Å². The molecule has 4 nitrogen and oxygen atoms in total. The van der Waals surface area contributed by atoms with Gasteiger partial charge in [-0.3, -0.25) is 0 Å². The molecule has 0 amide bonds. The molecule has 0 radical (unpaired) electrons. The van der Waals surface area contributed by atoms with Crippen LogP contribution >= 0.6 is 0 Å². The molecule has 0 aromatic carbocycles. The highest BCUT2D eigenvalue weighted by Gasteiger charge is 2.25. The highest BCUT2D eigenvalue weighted by molar-refractivity contribution is 5.83. The number of oxazole rings is 1. The fourth-order valence-corrected chi connectivity index (χ4v) is 1.23. The summed E-state index contributed by atoms with van der Waals surface area (Å²) in [6, 6.07) is 0. The monoisotopic (exact) mass is 167 g/mol. The fraction of sp³-hybridized carbons (Fsp3) is 0.500. The van der Waals surface area contributed by atoms with Gasteiger partial charge < -0.3 is 9.52 Å². The van der Waals surface area contributed by atoms with Crippen LogP contribution in [0.25, 0.3) is 0 Å². The summed E-state index contributed by atoms with van der Waals surface area (Å²) in [6.07, 6.45) is 4.60.